The fourth-order valence-electron chi connectivity index (χ4n) is 1.90. The molecule has 4 nitrogen and oxygen atoms in total. The van der Waals surface area contributed by atoms with Gasteiger partial charge in [-0.05, 0) is 43.0 Å². The SMILES string of the molecule is O=C(O)c1cnc(SCC2CC2)n1-c1ccc(F)cc1. The maximum atomic E-state index is 13.0. The molecule has 20 heavy (non-hydrogen) atoms. The minimum Gasteiger partial charge on any atom is -0.477 e. The van der Waals surface area contributed by atoms with Crippen LogP contribution in [0.25, 0.3) is 5.69 Å². The molecule has 1 heterocycles. The normalized spacial score (nSPS) is 14.4. The first-order valence-electron chi connectivity index (χ1n) is 6.35. The lowest BCUT2D eigenvalue weighted by atomic mass is 10.3. The summed E-state index contributed by atoms with van der Waals surface area (Å²) in [6.45, 7) is 0. The Bertz CT molecular complexity index is 635. The van der Waals surface area contributed by atoms with E-state index in [0.29, 0.717) is 16.8 Å². The van der Waals surface area contributed by atoms with Gasteiger partial charge in [-0.2, -0.15) is 0 Å². The van der Waals surface area contributed by atoms with Crippen molar-refractivity contribution in [1.82, 2.24) is 9.55 Å². The zero-order valence-electron chi connectivity index (χ0n) is 10.6. The fourth-order valence-corrected chi connectivity index (χ4v) is 3.08. The van der Waals surface area contributed by atoms with Gasteiger partial charge in [0, 0.05) is 11.4 Å². The van der Waals surface area contributed by atoms with Crippen LogP contribution in [-0.2, 0) is 0 Å². The lowest BCUT2D eigenvalue weighted by Gasteiger charge is -2.09. The number of thioether (sulfide) groups is 1. The lowest BCUT2D eigenvalue weighted by Crippen LogP contribution is -2.07. The van der Waals surface area contributed by atoms with E-state index in [-0.39, 0.29) is 11.5 Å². The summed E-state index contributed by atoms with van der Waals surface area (Å²) in [7, 11) is 0. The molecule has 1 aromatic carbocycles. The highest BCUT2D eigenvalue weighted by molar-refractivity contribution is 7.99. The summed E-state index contributed by atoms with van der Waals surface area (Å²) in [5.74, 6) is 0.265. The lowest BCUT2D eigenvalue weighted by molar-refractivity contribution is 0.0687. The van der Waals surface area contributed by atoms with Crippen LogP contribution in [-0.4, -0.2) is 26.4 Å². The summed E-state index contributed by atoms with van der Waals surface area (Å²) in [4.78, 5) is 15.5. The first-order chi connectivity index (χ1) is 9.65. The Morgan fingerprint density at radius 2 is 2.10 bits per heavy atom. The van der Waals surface area contributed by atoms with E-state index in [0.717, 1.165) is 5.75 Å². The second-order valence-electron chi connectivity index (χ2n) is 4.80. The highest BCUT2D eigenvalue weighted by atomic mass is 32.2. The van der Waals surface area contributed by atoms with Gasteiger partial charge in [-0.25, -0.2) is 14.2 Å². The predicted octanol–water partition coefficient (Wildman–Crippen LogP) is 3.21. The van der Waals surface area contributed by atoms with Gasteiger partial charge in [-0.1, -0.05) is 11.8 Å². The van der Waals surface area contributed by atoms with Crippen molar-refractivity contribution in [2.75, 3.05) is 5.75 Å². The summed E-state index contributed by atoms with van der Waals surface area (Å²) in [6.07, 6.45) is 3.81. The molecule has 0 bridgehead atoms. The van der Waals surface area contributed by atoms with Crippen LogP contribution in [0, 0.1) is 11.7 Å². The number of carbonyl (C=O) groups is 1. The average Bonchev–Trinajstić information content (AvgIpc) is 3.16. The molecule has 1 N–H and O–H groups in total. The number of rotatable bonds is 5. The van der Waals surface area contributed by atoms with Crippen LogP contribution in [0.4, 0.5) is 4.39 Å². The topological polar surface area (TPSA) is 55.1 Å². The third-order valence-electron chi connectivity index (χ3n) is 3.18. The molecule has 1 aliphatic carbocycles. The van der Waals surface area contributed by atoms with Crippen molar-refractivity contribution in [2.45, 2.75) is 18.0 Å². The zero-order valence-corrected chi connectivity index (χ0v) is 11.4. The molecular formula is C14H13FN2O2S. The maximum absolute atomic E-state index is 13.0. The highest BCUT2D eigenvalue weighted by Gasteiger charge is 2.24. The summed E-state index contributed by atoms with van der Waals surface area (Å²) in [5.41, 5.74) is 0.703. The number of hydrogen-bond donors (Lipinski definition) is 1. The summed E-state index contributed by atoms with van der Waals surface area (Å²) in [5, 5.41) is 9.88. The van der Waals surface area contributed by atoms with E-state index in [2.05, 4.69) is 4.98 Å². The summed E-state index contributed by atoms with van der Waals surface area (Å²) in [6, 6.07) is 5.75. The quantitative estimate of drug-likeness (QED) is 0.860. The third-order valence-corrected chi connectivity index (χ3v) is 4.36. The van der Waals surface area contributed by atoms with Crippen molar-refractivity contribution in [3.63, 3.8) is 0 Å². The van der Waals surface area contributed by atoms with Crippen molar-refractivity contribution in [1.29, 1.82) is 0 Å². The molecule has 104 valence electrons. The van der Waals surface area contributed by atoms with E-state index < -0.39 is 5.97 Å². The van der Waals surface area contributed by atoms with Crippen LogP contribution in [0.1, 0.15) is 23.3 Å². The molecule has 0 radical (unpaired) electrons. The maximum Gasteiger partial charge on any atom is 0.354 e. The number of aromatic carboxylic acids is 1. The van der Waals surface area contributed by atoms with Crippen LogP contribution in [0.5, 0.6) is 0 Å². The van der Waals surface area contributed by atoms with Gasteiger partial charge in [0.2, 0.25) is 0 Å². The van der Waals surface area contributed by atoms with E-state index >= 15 is 0 Å². The third kappa shape index (κ3) is 2.70. The van der Waals surface area contributed by atoms with Crippen LogP contribution in [0.2, 0.25) is 0 Å². The molecule has 1 aromatic heterocycles. The van der Waals surface area contributed by atoms with Crippen LogP contribution in [0.15, 0.2) is 35.6 Å². The van der Waals surface area contributed by atoms with Crippen molar-refractivity contribution in [3.05, 3.63) is 42.0 Å². The number of benzene rings is 1. The smallest absolute Gasteiger partial charge is 0.354 e. The Balaban J connectivity index is 1.97. The Morgan fingerprint density at radius 3 is 2.70 bits per heavy atom. The second kappa shape index (κ2) is 5.28. The highest BCUT2D eigenvalue weighted by Crippen LogP contribution is 2.35. The van der Waals surface area contributed by atoms with Gasteiger partial charge in [0.05, 0.1) is 6.20 Å². The Labute approximate surface area is 119 Å². The molecular weight excluding hydrogens is 279 g/mol. The Morgan fingerprint density at radius 1 is 1.40 bits per heavy atom. The molecule has 1 aliphatic rings. The minimum absolute atomic E-state index is 0.0925. The standard InChI is InChI=1S/C14H13FN2O2S/c15-10-3-5-11(6-4-10)17-12(13(18)19)7-16-14(17)20-8-9-1-2-9/h3-7,9H,1-2,8H2,(H,18,19). The van der Waals surface area contributed by atoms with Crippen LogP contribution < -0.4 is 0 Å². The van der Waals surface area contributed by atoms with Crippen molar-refractivity contribution < 1.29 is 14.3 Å². The van der Waals surface area contributed by atoms with Crippen LogP contribution >= 0.6 is 11.8 Å². The second-order valence-corrected chi connectivity index (χ2v) is 5.78. The number of nitrogens with zero attached hydrogens (tertiary/aromatic N) is 2. The Kier molecular flexibility index (Phi) is 3.48. The number of imidazole rings is 1. The van der Waals surface area contributed by atoms with Gasteiger partial charge in [-0.15, -0.1) is 0 Å². The van der Waals surface area contributed by atoms with Crippen molar-refractivity contribution in [3.8, 4) is 5.69 Å². The molecule has 0 aliphatic heterocycles. The largest absolute Gasteiger partial charge is 0.477 e. The van der Waals surface area contributed by atoms with E-state index in [4.69, 9.17) is 0 Å². The molecule has 0 spiro atoms. The first kappa shape index (κ1) is 13.2. The van der Waals surface area contributed by atoms with Crippen molar-refractivity contribution in [2.24, 2.45) is 5.92 Å². The molecule has 6 heteroatoms. The number of aromatic nitrogens is 2. The van der Waals surface area contributed by atoms with Gasteiger partial charge in [0.1, 0.15) is 5.82 Å². The number of hydrogen-bond acceptors (Lipinski definition) is 3. The summed E-state index contributed by atoms with van der Waals surface area (Å²) >= 11 is 1.55. The average molecular weight is 292 g/mol. The zero-order chi connectivity index (χ0) is 14.1. The molecule has 0 saturated heterocycles. The molecule has 1 fully saturated rings. The van der Waals surface area contributed by atoms with E-state index in [1.54, 1.807) is 28.5 Å². The van der Waals surface area contributed by atoms with Gasteiger partial charge < -0.3 is 5.11 Å². The van der Waals surface area contributed by atoms with Gasteiger partial charge in [-0.3, -0.25) is 4.57 Å². The number of carboxylic acid groups (broad SMARTS) is 1. The molecule has 0 amide bonds. The van der Waals surface area contributed by atoms with Gasteiger partial charge in [0.15, 0.2) is 10.9 Å². The molecule has 3 rings (SSSR count). The van der Waals surface area contributed by atoms with Crippen LogP contribution in [0.3, 0.4) is 0 Å². The Hall–Kier alpha value is -1.82. The molecule has 0 atom stereocenters. The molecule has 1 saturated carbocycles. The van der Waals surface area contributed by atoms with Gasteiger partial charge >= 0.3 is 5.97 Å². The fraction of sp³-hybridized carbons (Fsp3) is 0.286. The van der Waals surface area contributed by atoms with Gasteiger partial charge in [0.25, 0.3) is 0 Å². The van der Waals surface area contributed by atoms with E-state index in [1.807, 2.05) is 0 Å². The molecule has 2 aromatic rings. The van der Waals surface area contributed by atoms with Crippen molar-refractivity contribution >= 4 is 17.7 Å². The van der Waals surface area contributed by atoms with E-state index in [1.165, 1.54) is 31.2 Å². The number of halogens is 1. The minimum atomic E-state index is -1.04. The predicted molar refractivity (Wildman–Crippen MR) is 73.9 cm³/mol. The number of carboxylic acids is 1. The van der Waals surface area contributed by atoms with E-state index in [9.17, 15) is 14.3 Å². The summed E-state index contributed by atoms with van der Waals surface area (Å²) < 4.78 is 14.6. The first-order valence-corrected chi connectivity index (χ1v) is 7.33. The molecule has 0 unspecified atom stereocenters. The monoisotopic (exact) mass is 292 g/mol.